The molecule has 0 amide bonds. The minimum absolute atomic E-state index is 0.171. The molecule has 0 aliphatic carbocycles. The smallest absolute Gasteiger partial charge is 0.365 e. The van der Waals surface area contributed by atoms with Crippen molar-refractivity contribution < 1.29 is 9.90 Å². The van der Waals surface area contributed by atoms with Crippen LogP contribution in [0.4, 0.5) is 0 Å². The first-order valence-corrected chi connectivity index (χ1v) is 8.42. The number of thiazole rings is 1. The molecule has 1 aliphatic heterocycles. The van der Waals surface area contributed by atoms with Crippen molar-refractivity contribution in [1.29, 1.82) is 0 Å². The van der Waals surface area contributed by atoms with Crippen LogP contribution in [-0.4, -0.2) is 45.1 Å². The van der Waals surface area contributed by atoms with Crippen LogP contribution in [0.3, 0.4) is 0 Å². The molecule has 2 heterocycles. The lowest BCUT2D eigenvalue weighted by Crippen LogP contribution is -2.28. The van der Waals surface area contributed by atoms with Crippen LogP contribution in [0.1, 0.15) is 15.5 Å². The number of aromatic carboxylic acids is 1. The molecule has 0 aromatic carbocycles. The van der Waals surface area contributed by atoms with Crippen molar-refractivity contribution in [1.82, 2.24) is 10.3 Å². The number of carbonyl (C=O) groups is 1. The minimum atomic E-state index is -0.944. The van der Waals surface area contributed by atoms with E-state index < -0.39 is 5.97 Å². The summed E-state index contributed by atoms with van der Waals surface area (Å²) in [7, 11) is 0. The highest BCUT2D eigenvalue weighted by molar-refractivity contribution is 8.06. The molecule has 2 N–H and O–H groups in total. The molecule has 1 aliphatic rings. The van der Waals surface area contributed by atoms with E-state index in [0.29, 0.717) is 11.8 Å². The van der Waals surface area contributed by atoms with Gasteiger partial charge in [-0.2, -0.15) is 23.5 Å². The molecule has 7 heteroatoms. The fourth-order valence-electron chi connectivity index (χ4n) is 1.50. The van der Waals surface area contributed by atoms with Crippen LogP contribution < -0.4 is 5.32 Å². The van der Waals surface area contributed by atoms with Crippen molar-refractivity contribution in [2.24, 2.45) is 0 Å². The lowest BCUT2D eigenvalue weighted by molar-refractivity contribution is 0.0696. The maximum Gasteiger partial charge on any atom is 0.365 e. The summed E-state index contributed by atoms with van der Waals surface area (Å²) >= 11 is 5.20. The van der Waals surface area contributed by atoms with Crippen LogP contribution in [0.25, 0.3) is 0 Å². The van der Waals surface area contributed by atoms with Gasteiger partial charge in [-0.25, -0.2) is 9.78 Å². The van der Waals surface area contributed by atoms with E-state index in [-0.39, 0.29) is 5.01 Å². The third-order valence-electron chi connectivity index (χ3n) is 2.30. The van der Waals surface area contributed by atoms with Gasteiger partial charge in [0.15, 0.2) is 0 Å². The molecule has 0 spiro atoms. The van der Waals surface area contributed by atoms with Crippen molar-refractivity contribution in [2.45, 2.75) is 11.8 Å². The second-order valence-electron chi connectivity index (χ2n) is 3.65. The fraction of sp³-hybridized carbons (Fsp3) is 0.600. The molecule has 1 aromatic rings. The Hall–Kier alpha value is -0.240. The van der Waals surface area contributed by atoms with Gasteiger partial charge in [-0.15, -0.1) is 11.3 Å². The number of hydrogen-bond donors (Lipinski definition) is 2. The topological polar surface area (TPSA) is 62.2 Å². The van der Waals surface area contributed by atoms with Gasteiger partial charge in [-0.1, -0.05) is 0 Å². The molecular formula is C10H14N2O2S3. The fourth-order valence-corrected chi connectivity index (χ4v) is 4.80. The predicted molar refractivity (Wildman–Crippen MR) is 74.4 cm³/mol. The maximum atomic E-state index is 10.7. The Kier molecular flexibility index (Phi) is 5.15. The molecule has 1 atom stereocenters. The van der Waals surface area contributed by atoms with Crippen LogP contribution in [-0.2, 0) is 6.54 Å². The average Bonchev–Trinajstić information content (AvgIpc) is 2.79. The van der Waals surface area contributed by atoms with E-state index in [1.807, 2.05) is 23.5 Å². The van der Waals surface area contributed by atoms with E-state index in [1.165, 1.54) is 28.6 Å². The van der Waals surface area contributed by atoms with Gasteiger partial charge >= 0.3 is 5.97 Å². The molecule has 1 unspecified atom stereocenters. The van der Waals surface area contributed by atoms with E-state index in [9.17, 15) is 4.79 Å². The van der Waals surface area contributed by atoms with Crippen molar-refractivity contribution in [3.8, 4) is 0 Å². The van der Waals surface area contributed by atoms with Crippen LogP contribution >= 0.6 is 34.9 Å². The number of carboxylic acids is 1. The number of nitrogens with zero attached hydrogens (tertiary/aromatic N) is 1. The molecule has 1 aromatic heterocycles. The lowest BCUT2D eigenvalue weighted by atomic mass is 10.4. The molecule has 0 radical (unpaired) electrons. The zero-order valence-electron chi connectivity index (χ0n) is 9.22. The van der Waals surface area contributed by atoms with E-state index in [2.05, 4.69) is 10.3 Å². The second kappa shape index (κ2) is 6.63. The first kappa shape index (κ1) is 13.2. The van der Waals surface area contributed by atoms with Gasteiger partial charge in [0.05, 0.1) is 5.69 Å². The number of rotatable bonds is 5. The van der Waals surface area contributed by atoms with E-state index in [0.717, 1.165) is 12.2 Å². The number of carboxylic acid groups (broad SMARTS) is 1. The third-order valence-corrected chi connectivity index (χ3v) is 6.02. The van der Waals surface area contributed by atoms with E-state index in [4.69, 9.17) is 5.11 Å². The number of nitrogens with one attached hydrogen (secondary N) is 1. The Labute approximate surface area is 113 Å². The normalized spacial score (nSPS) is 20.4. The van der Waals surface area contributed by atoms with Crippen LogP contribution in [0.15, 0.2) is 5.38 Å². The first-order valence-electron chi connectivity index (χ1n) is 5.33. The van der Waals surface area contributed by atoms with E-state index >= 15 is 0 Å². The van der Waals surface area contributed by atoms with Gasteiger partial charge in [-0.3, -0.25) is 0 Å². The zero-order valence-corrected chi connectivity index (χ0v) is 11.7. The summed E-state index contributed by atoms with van der Waals surface area (Å²) in [5, 5.41) is 14.7. The average molecular weight is 290 g/mol. The molecule has 1 fully saturated rings. The standard InChI is InChI=1S/C10H14N2O2S3/c13-10(14)9-12-7(5-17-9)3-11-4-8-6-15-1-2-16-8/h5,8,11H,1-4,6H2,(H,13,14). The molecule has 2 rings (SSSR count). The van der Waals surface area contributed by atoms with Crippen LogP contribution in [0, 0.1) is 0 Å². The SMILES string of the molecule is O=C(O)c1nc(CNCC2CSCCS2)cs1. The maximum absolute atomic E-state index is 10.7. The number of aromatic nitrogens is 1. The Balaban J connectivity index is 1.71. The molecule has 94 valence electrons. The third kappa shape index (κ3) is 4.17. The van der Waals surface area contributed by atoms with E-state index in [1.54, 1.807) is 5.38 Å². The highest BCUT2D eigenvalue weighted by Gasteiger charge is 2.14. The van der Waals surface area contributed by atoms with Gasteiger partial charge in [0, 0.05) is 41.0 Å². The first-order chi connectivity index (χ1) is 8.25. The Morgan fingerprint density at radius 3 is 3.12 bits per heavy atom. The molecule has 0 saturated carbocycles. The summed E-state index contributed by atoms with van der Waals surface area (Å²) in [5.74, 6) is 2.75. The number of hydrogen-bond acceptors (Lipinski definition) is 6. The van der Waals surface area contributed by atoms with Gasteiger partial charge in [-0.05, 0) is 0 Å². The summed E-state index contributed by atoms with van der Waals surface area (Å²) in [6.45, 7) is 1.63. The molecule has 4 nitrogen and oxygen atoms in total. The van der Waals surface area contributed by atoms with Crippen molar-refractivity contribution in [3.63, 3.8) is 0 Å². The molecule has 17 heavy (non-hydrogen) atoms. The molecule has 1 saturated heterocycles. The second-order valence-corrected chi connectivity index (χ2v) is 7.06. The monoisotopic (exact) mass is 290 g/mol. The molecule has 0 bridgehead atoms. The highest BCUT2D eigenvalue weighted by atomic mass is 32.2. The quantitative estimate of drug-likeness (QED) is 0.862. The summed E-state index contributed by atoms with van der Waals surface area (Å²) in [5.41, 5.74) is 0.820. The lowest BCUT2D eigenvalue weighted by Gasteiger charge is -2.20. The number of thioether (sulfide) groups is 2. The zero-order chi connectivity index (χ0) is 12.1. The predicted octanol–water partition coefficient (Wildman–Crippen LogP) is 1.78. The highest BCUT2D eigenvalue weighted by Crippen LogP contribution is 2.23. The van der Waals surface area contributed by atoms with Crippen molar-refractivity contribution in [2.75, 3.05) is 23.8 Å². The summed E-state index contributed by atoms with van der Waals surface area (Å²) < 4.78 is 0. The summed E-state index contributed by atoms with van der Waals surface area (Å²) in [4.78, 5) is 14.7. The van der Waals surface area contributed by atoms with Crippen molar-refractivity contribution in [3.05, 3.63) is 16.1 Å². The Morgan fingerprint density at radius 1 is 1.59 bits per heavy atom. The van der Waals surface area contributed by atoms with Gasteiger partial charge in [0.1, 0.15) is 0 Å². The van der Waals surface area contributed by atoms with Gasteiger partial charge in [0.25, 0.3) is 0 Å². The summed E-state index contributed by atoms with van der Waals surface area (Å²) in [6.07, 6.45) is 0. The summed E-state index contributed by atoms with van der Waals surface area (Å²) in [6, 6.07) is 0. The van der Waals surface area contributed by atoms with Crippen LogP contribution in [0.5, 0.6) is 0 Å². The Bertz CT molecular complexity index is 377. The van der Waals surface area contributed by atoms with Crippen LogP contribution in [0.2, 0.25) is 0 Å². The largest absolute Gasteiger partial charge is 0.476 e. The van der Waals surface area contributed by atoms with Crippen molar-refractivity contribution >= 4 is 40.8 Å². The minimum Gasteiger partial charge on any atom is -0.476 e. The van der Waals surface area contributed by atoms with Gasteiger partial charge < -0.3 is 10.4 Å². The molecular weight excluding hydrogens is 276 g/mol. The van der Waals surface area contributed by atoms with Gasteiger partial charge in [0.2, 0.25) is 5.01 Å². The Morgan fingerprint density at radius 2 is 2.47 bits per heavy atom.